The van der Waals surface area contributed by atoms with Crippen LogP contribution in [0.4, 0.5) is 13.2 Å². The molecule has 0 bridgehead atoms. The Morgan fingerprint density at radius 2 is 1.70 bits per heavy atom. The molecule has 1 heterocycles. The van der Waals surface area contributed by atoms with E-state index in [0.29, 0.717) is 29.7 Å². The van der Waals surface area contributed by atoms with Crippen LogP contribution in [-0.4, -0.2) is 5.71 Å². The van der Waals surface area contributed by atoms with Gasteiger partial charge >= 0.3 is 0 Å². The molecule has 102 valence electrons. The second kappa shape index (κ2) is 5.12. The lowest BCUT2D eigenvalue weighted by molar-refractivity contribution is 0.505. The van der Waals surface area contributed by atoms with E-state index in [9.17, 15) is 13.2 Å². The molecule has 1 unspecified atom stereocenters. The monoisotopic (exact) mass is 275 g/mol. The van der Waals surface area contributed by atoms with Gasteiger partial charge in [-0.15, -0.1) is 0 Å². The molecule has 0 saturated heterocycles. The first-order valence-corrected chi connectivity index (χ1v) is 6.41. The highest BCUT2D eigenvalue weighted by molar-refractivity contribution is 6.02. The molecule has 0 saturated carbocycles. The summed E-state index contributed by atoms with van der Waals surface area (Å²) in [5.41, 5.74) is 1.78. The largest absolute Gasteiger partial charge is 0.281 e. The quantitative estimate of drug-likeness (QED) is 0.769. The normalized spacial score (nSPS) is 18.1. The summed E-state index contributed by atoms with van der Waals surface area (Å²) in [5, 5.41) is 0. The molecule has 1 aliphatic heterocycles. The van der Waals surface area contributed by atoms with Crippen molar-refractivity contribution in [1.82, 2.24) is 0 Å². The summed E-state index contributed by atoms with van der Waals surface area (Å²) in [6.07, 6.45) is 1.30. The second-order valence-electron chi connectivity index (χ2n) is 4.78. The number of halogens is 3. The molecule has 20 heavy (non-hydrogen) atoms. The highest BCUT2D eigenvalue weighted by Crippen LogP contribution is 2.32. The first kappa shape index (κ1) is 12.9. The van der Waals surface area contributed by atoms with Crippen LogP contribution in [0, 0.1) is 17.5 Å². The van der Waals surface area contributed by atoms with E-state index in [4.69, 9.17) is 0 Å². The Balaban J connectivity index is 1.91. The van der Waals surface area contributed by atoms with Gasteiger partial charge in [-0.3, -0.25) is 4.99 Å². The van der Waals surface area contributed by atoms with Gasteiger partial charge in [0, 0.05) is 11.3 Å². The van der Waals surface area contributed by atoms with Gasteiger partial charge in [0.05, 0.1) is 6.04 Å². The van der Waals surface area contributed by atoms with Crippen molar-refractivity contribution in [3.63, 3.8) is 0 Å². The average Bonchev–Trinajstić information content (AvgIpc) is 2.92. The van der Waals surface area contributed by atoms with E-state index >= 15 is 0 Å². The molecule has 4 heteroatoms. The maximum atomic E-state index is 13.7. The summed E-state index contributed by atoms with van der Waals surface area (Å²) in [6.45, 7) is 0. The first-order valence-electron chi connectivity index (χ1n) is 6.41. The molecule has 0 amide bonds. The SMILES string of the molecule is Fc1ccc(C2CCC(c3ccccc3F)=N2)cc1F. The van der Waals surface area contributed by atoms with E-state index in [2.05, 4.69) is 4.99 Å². The van der Waals surface area contributed by atoms with Crippen LogP contribution in [0.25, 0.3) is 0 Å². The Morgan fingerprint density at radius 1 is 0.900 bits per heavy atom. The predicted molar refractivity (Wildman–Crippen MR) is 71.3 cm³/mol. The molecular formula is C16H12F3N. The lowest BCUT2D eigenvalue weighted by Gasteiger charge is -2.06. The fraction of sp³-hybridized carbons (Fsp3) is 0.188. The van der Waals surface area contributed by atoms with Gasteiger partial charge in [-0.1, -0.05) is 24.3 Å². The summed E-state index contributed by atoms with van der Waals surface area (Å²) in [6, 6.07) is 10.0. The molecule has 2 aromatic rings. The van der Waals surface area contributed by atoms with Crippen molar-refractivity contribution in [3.05, 3.63) is 71.0 Å². The van der Waals surface area contributed by atoms with Crippen LogP contribution < -0.4 is 0 Å². The molecule has 0 aromatic heterocycles. The van der Waals surface area contributed by atoms with Gasteiger partial charge in [-0.25, -0.2) is 13.2 Å². The van der Waals surface area contributed by atoms with E-state index < -0.39 is 11.6 Å². The van der Waals surface area contributed by atoms with Gasteiger partial charge in [0.15, 0.2) is 11.6 Å². The third-order valence-electron chi connectivity index (χ3n) is 3.48. The van der Waals surface area contributed by atoms with Crippen LogP contribution in [0.1, 0.15) is 30.0 Å². The van der Waals surface area contributed by atoms with Crippen LogP contribution >= 0.6 is 0 Å². The van der Waals surface area contributed by atoms with E-state index in [1.54, 1.807) is 18.2 Å². The van der Waals surface area contributed by atoms with Crippen molar-refractivity contribution in [2.75, 3.05) is 0 Å². The zero-order valence-corrected chi connectivity index (χ0v) is 10.6. The summed E-state index contributed by atoms with van der Waals surface area (Å²) in [4.78, 5) is 4.45. The number of hydrogen-bond donors (Lipinski definition) is 0. The Morgan fingerprint density at radius 3 is 2.45 bits per heavy atom. The molecule has 2 aromatic carbocycles. The Kier molecular flexibility index (Phi) is 3.30. The number of aliphatic imine (C=N–C) groups is 1. The van der Waals surface area contributed by atoms with Crippen LogP contribution in [0.15, 0.2) is 47.5 Å². The van der Waals surface area contributed by atoms with E-state index in [1.165, 1.54) is 12.1 Å². The van der Waals surface area contributed by atoms with Crippen molar-refractivity contribution in [2.45, 2.75) is 18.9 Å². The number of rotatable bonds is 2. The summed E-state index contributed by atoms with van der Waals surface area (Å²) in [5.74, 6) is -2.06. The minimum Gasteiger partial charge on any atom is -0.281 e. The molecule has 1 aliphatic rings. The Bertz CT molecular complexity index is 679. The highest BCUT2D eigenvalue weighted by atomic mass is 19.2. The lowest BCUT2D eigenvalue weighted by Crippen LogP contribution is -1.99. The van der Waals surface area contributed by atoms with Crippen LogP contribution in [0.5, 0.6) is 0 Å². The Hall–Kier alpha value is -2.10. The number of nitrogens with zero attached hydrogens (tertiary/aromatic N) is 1. The first-order chi connectivity index (χ1) is 9.65. The van der Waals surface area contributed by atoms with Crippen molar-refractivity contribution in [1.29, 1.82) is 0 Å². The van der Waals surface area contributed by atoms with Crippen LogP contribution in [0.2, 0.25) is 0 Å². The summed E-state index contributed by atoms with van der Waals surface area (Å²) >= 11 is 0. The standard InChI is InChI=1S/C16H12F3N/c17-12-4-2-1-3-11(12)16-8-7-15(20-16)10-5-6-13(18)14(19)9-10/h1-6,9,15H,7-8H2. The molecule has 1 atom stereocenters. The molecule has 0 fully saturated rings. The topological polar surface area (TPSA) is 12.4 Å². The minimum atomic E-state index is -0.878. The molecule has 0 spiro atoms. The van der Waals surface area contributed by atoms with E-state index in [1.807, 2.05) is 0 Å². The summed E-state index contributed by atoms with van der Waals surface area (Å²) < 4.78 is 39.9. The van der Waals surface area contributed by atoms with Gasteiger partial charge < -0.3 is 0 Å². The molecule has 0 aliphatic carbocycles. The zero-order chi connectivity index (χ0) is 14.1. The Labute approximate surface area is 114 Å². The van der Waals surface area contributed by atoms with Gasteiger partial charge in [-0.05, 0) is 36.6 Å². The van der Waals surface area contributed by atoms with Gasteiger partial charge in [0.1, 0.15) is 5.82 Å². The molecule has 1 nitrogen and oxygen atoms in total. The number of benzene rings is 2. The fourth-order valence-electron chi connectivity index (χ4n) is 2.45. The second-order valence-corrected chi connectivity index (χ2v) is 4.78. The van der Waals surface area contributed by atoms with Crippen LogP contribution in [0.3, 0.4) is 0 Å². The van der Waals surface area contributed by atoms with Crippen molar-refractivity contribution in [2.24, 2.45) is 4.99 Å². The van der Waals surface area contributed by atoms with Crippen molar-refractivity contribution < 1.29 is 13.2 Å². The molecule has 0 radical (unpaired) electrons. The lowest BCUT2D eigenvalue weighted by atomic mass is 10.0. The molecular weight excluding hydrogens is 263 g/mol. The molecule has 3 rings (SSSR count). The fourth-order valence-corrected chi connectivity index (χ4v) is 2.45. The predicted octanol–water partition coefficient (Wildman–Crippen LogP) is 4.43. The van der Waals surface area contributed by atoms with Gasteiger partial charge in [-0.2, -0.15) is 0 Å². The smallest absolute Gasteiger partial charge is 0.159 e. The van der Waals surface area contributed by atoms with Crippen molar-refractivity contribution >= 4 is 5.71 Å². The molecule has 0 N–H and O–H groups in total. The zero-order valence-electron chi connectivity index (χ0n) is 10.6. The van der Waals surface area contributed by atoms with E-state index in [0.717, 1.165) is 12.1 Å². The minimum absolute atomic E-state index is 0.236. The third-order valence-corrected chi connectivity index (χ3v) is 3.48. The maximum Gasteiger partial charge on any atom is 0.159 e. The van der Waals surface area contributed by atoms with E-state index in [-0.39, 0.29) is 11.9 Å². The van der Waals surface area contributed by atoms with Gasteiger partial charge in [0.2, 0.25) is 0 Å². The maximum absolute atomic E-state index is 13.7. The van der Waals surface area contributed by atoms with Crippen LogP contribution in [-0.2, 0) is 0 Å². The third kappa shape index (κ3) is 2.33. The highest BCUT2D eigenvalue weighted by Gasteiger charge is 2.22. The number of hydrogen-bond acceptors (Lipinski definition) is 1. The average molecular weight is 275 g/mol. The summed E-state index contributed by atoms with van der Waals surface area (Å²) in [7, 11) is 0. The van der Waals surface area contributed by atoms with Crippen molar-refractivity contribution in [3.8, 4) is 0 Å². The van der Waals surface area contributed by atoms with Gasteiger partial charge in [0.25, 0.3) is 0 Å².